The minimum Gasteiger partial charge on any atom is -0.497 e. The summed E-state index contributed by atoms with van der Waals surface area (Å²) in [5.74, 6) is 2.26. The van der Waals surface area contributed by atoms with Gasteiger partial charge in [0.25, 0.3) is 0 Å². The summed E-state index contributed by atoms with van der Waals surface area (Å²) in [5.41, 5.74) is 1.15. The number of rotatable bonds is 7. The van der Waals surface area contributed by atoms with Crippen molar-refractivity contribution in [3.8, 4) is 5.75 Å². The topological polar surface area (TPSA) is 47.4 Å². The zero-order chi connectivity index (χ0) is 17.1. The van der Waals surface area contributed by atoms with Crippen LogP contribution >= 0.6 is 0 Å². The van der Waals surface area contributed by atoms with Crippen molar-refractivity contribution >= 4 is 5.91 Å². The Morgan fingerprint density at radius 1 is 1.42 bits per heavy atom. The number of methoxy groups -OCH3 is 1. The fourth-order valence-corrected chi connectivity index (χ4v) is 2.84. The van der Waals surface area contributed by atoms with Gasteiger partial charge in [-0.2, -0.15) is 0 Å². The minimum absolute atomic E-state index is 0.181. The molecule has 24 heavy (non-hydrogen) atoms. The van der Waals surface area contributed by atoms with Gasteiger partial charge >= 0.3 is 0 Å². The highest BCUT2D eigenvalue weighted by molar-refractivity contribution is 5.81. The number of imidazole rings is 1. The standard InChI is InChI=1S/C19H25N3O2/c1-14(2)22(19(23)16-7-8-16)13-18-20-9-10-21(18)12-15-5-4-6-17(11-15)24-3/h4-6,9-11,14,16H,7-8,12-13H2,1-3H3. The molecule has 0 saturated heterocycles. The molecule has 0 unspecified atom stereocenters. The van der Waals surface area contributed by atoms with Crippen molar-refractivity contribution in [2.24, 2.45) is 5.92 Å². The molecule has 5 nitrogen and oxygen atoms in total. The normalized spacial score (nSPS) is 14.0. The molecule has 5 heteroatoms. The molecule has 128 valence electrons. The fraction of sp³-hybridized carbons (Fsp3) is 0.474. The smallest absolute Gasteiger partial charge is 0.226 e. The van der Waals surface area contributed by atoms with Crippen LogP contribution in [0.1, 0.15) is 38.1 Å². The zero-order valence-corrected chi connectivity index (χ0v) is 14.6. The summed E-state index contributed by atoms with van der Waals surface area (Å²) in [4.78, 5) is 18.9. The predicted octanol–water partition coefficient (Wildman–Crippen LogP) is 3.09. The van der Waals surface area contributed by atoms with Gasteiger partial charge in [-0.1, -0.05) is 12.1 Å². The molecule has 0 aliphatic heterocycles. The third-order valence-corrected chi connectivity index (χ3v) is 4.43. The summed E-state index contributed by atoms with van der Waals surface area (Å²) in [6.07, 6.45) is 5.82. The largest absolute Gasteiger partial charge is 0.497 e. The number of hydrogen-bond acceptors (Lipinski definition) is 3. The van der Waals surface area contributed by atoms with E-state index in [0.717, 1.165) is 36.5 Å². The second-order valence-corrected chi connectivity index (χ2v) is 6.66. The Balaban J connectivity index is 1.75. The minimum atomic E-state index is 0.181. The summed E-state index contributed by atoms with van der Waals surface area (Å²) >= 11 is 0. The second-order valence-electron chi connectivity index (χ2n) is 6.66. The molecular weight excluding hydrogens is 302 g/mol. The van der Waals surface area contributed by atoms with Crippen molar-refractivity contribution in [1.29, 1.82) is 0 Å². The highest BCUT2D eigenvalue weighted by atomic mass is 16.5. The van der Waals surface area contributed by atoms with Gasteiger partial charge in [-0.25, -0.2) is 4.98 Å². The predicted molar refractivity (Wildman–Crippen MR) is 92.7 cm³/mol. The lowest BCUT2D eigenvalue weighted by Gasteiger charge is -2.27. The first-order valence-corrected chi connectivity index (χ1v) is 8.52. The van der Waals surface area contributed by atoms with Crippen LogP contribution < -0.4 is 4.74 Å². The summed E-state index contributed by atoms with van der Waals surface area (Å²) in [6, 6.07) is 8.20. The molecule has 1 aliphatic rings. The first-order valence-electron chi connectivity index (χ1n) is 8.52. The van der Waals surface area contributed by atoms with Crippen LogP contribution in [0, 0.1) is 5.92 Å². The Kier molecular flexibility index (Phi) is 4.88. The number of aromatic nitrogens is 2. The summed E-state index contributed by atoms with van der Waals surface area (Å²) in [5, 5.41) is 0. The Bertz CT molecular complexity index is 704. The van der Waals surface area contributed by atoms with E-state index in [-0.39, 0.29) is 17.9 Å². The molecule has 1 aromatic heterocycles. The fourth-order valence-electron chi connectivity index (χ4n) is 2.84. The Morgan fingerprint density at radius 2 is 2.21 bits per heavy atom. The highest BCUT2D eigenvalue weighted by Crippen LogP contribution is 2.32. The summed E-state index contributed by atoms with van der Waals surface area (Å²) in [7, 11) is 1.67. The highest BCUT2D eigenvalue weighted by Gasteiger charge is 2.34. The van der Waals surface area contributed by atoms with Gasteiger partial charge in [-0.3, -0.25) is 4.79 Å². The van der Waals surface area contributed by atoms with E-state index in [0.29, 0.717) is 6.54 Å². The second kappa shape index (κ2) is 7.07. The third-order valence-electron chi connectivity index (χ3n) is 4.43. The Labute approximate surface area is 143 Å². The molecule has 0 N–H and O–H groups in total. The lowest BCUT2D eigenvalue weighted by atomic mass is 10.2. The number of ether oxygens (including phenoxy) is 1. The molecule has 1 heterocycles. The van der Waals surface area contributed by atoms with Crippen LogP contribution in [0.2, 0.25) is 0 Å². The van der Waals surface area contributed by atoms with E-state index in [1.165, 1.54) is 0 Å². The average molecular weight is 327 g/mol. The van der Waals surface area contributed by atoms with Crippen molar-refractivity contribution in [3.05, 3.63) is 48.0 Å². The molecule has 1 amide bonds. The molecule has 2 aromatic rings. The van der Waals surface area contributed by atoms with E-state index in [2.05, 4.69) is 29.5 Å². The van der Waals surface area contributed by atoms with Gasteiger partial charge in [0, 0.05) is 30.9 Å². The van der Waals surface area contributed by atoms with Crippen molar-refractivity contribution in [3.63, 3.8) is 0 Å². The molecule has 1 fully saturated rings. The molecule has 0 radical (unpaired) electrons. The van der Waals surface area contributed by atoms with Crippen LogP contribution in [-0.4, -0.2) is 33.5 Å². The van der Waals surface area contributed by atoms with Crippen molar-refractivity contribution < 1.29 is 9.53 Å². The molecule has 3 rings (SSSR count). The van der Waals surface area contributed by atoms with Crippen molar-refractivity contribution in [2.75, 3.05) is 7.11 Å². The van der Waals surface area contributed by atoms with Crippen molar-refractivity contribution in [1.82, 2.24) is 14.5 Å². The molecule has 0 bridgehead atoms. The number of benzene rings is 1. The van der Waals surface area contributed by atoms with E-state index in [1.54, 1.807) is 13.3 Å². The van der Waals surface area contributed by atoms with Gasteiger partial charge in [-0.15, -0.1) is 0 Å². The van der Waals surface area contributed by atoms with Gasteiger partial charge in [0.2, 0.25) is 5.91 Å². The van der Waals surface area contributed by atoms with Gasteiger partial charge in [0.1, 0.15) is 11.6 Å². The first-order chi connectivity index (χ1) is 11.6. The lowest BCUT2D eigenvalue weighted by Crippen LogP contribution is -2.38. The van der Waals surface area contributed by atoms with E-state index >= 15 is 0 Å². The summed E-state index contributed by atoms with van der Waals surface area (Å²) in [6.45, 7) is 5.41. The van der Waals surface area contributed by atoms with E-state index in [9.17, 15) is 4.79 Å². The van der Waals surface area contributed by atoms with E-state index in [1.807, 2.05) is 29.3 Å². The van der Waals surface area contributed by atoms with Crippen LogP contribution in [0.5, 0.6) is 5.75 Å². The summed E-state index contributed by atoms with van der Waals surface area (Å²) < 4.78 is 7.39. The maximum Gasteiger partial charge on any atom is 0.226 e. The molecule has 0 spiro atoms. The van der Waals surface area contributed by atoms with Gasteiger partial charge in [-0.05, 0) is 44.4 Å². The zero-order valence-electron chi connectivity index (χ0n) is 14.6. The molecular formula is C19H25N3O2. The van der Waals surface area contributed by atoms with Crippen LogP contribution in [0.15, 0.2) is 36.7 Å². The Hall–Kier alpha value is -2.30. The Morgan fingerprint density at radius 3 is 2.88 bits per heavy atom. The van der Waals surface area contributed by atoms with E-state index < -0.39 is 0 Å². The number of carbonyl (C=O) groups excluding carboxylic acids is 1. The maximum absolute atomic E-state index is 12.5. The van der Waals surface area contributed by atoms with Gasteiger partial charge in [0.15, 0.2) is 0 Å². The maximum atomic E-state index is 12.5. The number of carbonyl (C=O) groups is 1. The monoisotopic (exact) mass is 327 g/mol. The molecule has 0 atom stereocenters. The first kappa shape index (κ1) is 16.6. The van der Waals surface area contributed by atoms with Gasteiger partial charge < -0.3 is 14.2 Å². The number of nitrogens with zero attached hydrogens (tertiary/aromatic N) is 3. The molecule has 1 saturated carbocycles. The number of amides is 1. The average Bonchev–Trinajstić information content (AvgIpc) is 3.34. The van der Waals surface area contributed by atoms with Crippen LogP contribution in [-0.2, 0) is 17.9 Å². The van der Waals surface area contributed by atoms with Crippen LogP contribution in [0.3, 0.4) is 0 Å². The van der Waals surface area contributed by atoms with Crippen LogP contribution in [0.4, 0.5) is 0 Å². The van der Waals surface area contributed by atoms with Gasteiger partial charge in [0.05, 0.1) is 13.7 Å². The molecule has 1 aliphatic carbocycles. The van der Waals surface area contributed by atoms with E-state index in [4.69, 9.17) is 4.74 Å². The molecule has 1 aromatic carbocycles. The lowest BCUT2D eigenvalue weighted by molar-refractivity contribution is -0.135. The number of hydrogen-bond donors (Lipinski definition) is 0. The SMILES string of the molecule is COc1cccc(Cn2ccnc2CN(C(=O)C2CC2)C(C)C)c1. The quantitative estimate of drug-likeness (QED) is 0.785. The third kappa shape index (κ3) is 3.78. The van der Waals surface area contributed by atoms with Crippen LogP contribution in [0.25, 0.3) is 0 Å². The van der Waals surface area contributed by atoms with Crippen molar-refractivity contribution in [2.45, 2.75) is 45.8 Å².